The summed E-state index contributed by atoms with van der Waals surface area (Å²) in [6.45, 7) is 12.0. The molecule has 18 heteroatoms. The highest BCUT2D eigenvalue weighted by Crippen LogP contribution is 2.42. The van der Waals surface area contributed by atoms with Crippen LogP contribution < -0.4 is 16.0 Å². The molecular weight excluding hydrogens is 956 g/mol. The minimum Gasteiger partial charge on any atom is -0.381 e. The predicted octanol–water partition coefficient (Wildman–Crippen LogP) is 8.92. The molecule has 3 amide bonds. The topological polar surface area (TPSA) is 233 Å². The van der Waals surface area contributed by atoms with Crippen LogP contribution in [0.15, 0.2) is 0 Å². The molecule has 0 saturated heterocycles. The standard InChI is InChI=1S/C55H101N4O13P/c1-5-38-69-41-20-26-47(60)23-12-9-17-35-56-53(64)44-59(45-54(65)57-36-18-10-13-24-48(61)27-21-42-70-39-6-2)51(55(66)58-37-19-11-14-25-49(62)28-22-43-71-40-7-3)29-15-8-16-30-52(63)46-31-33-50(34-32-46)72-73(4,67)68/h46,50-51H,5-45H2,1-4H3,(H,56,64)(H,57,65)(H,58,66)(H,67,68). The van der Waals surface area contributed by atoms with E-state index in [0.717, 1.165) is 64.2 Å². The lowest BCUT2D eigenvalue weighted by molar-refractivity contribution is -0.132. The largest absolute Gasteiger partial charge is 0.381 e. The average molecular weight is 1060 g/mol. The van der Waals surface area contributed by atoms with Crippen molar-refractivity contribution in [2.75, 3.05) is 79.0 Å². The van der Waals surface area contributed by atoms with E-state index in [-0.39, 0.29) is 66.0 Å². The monoisotopic (exact) mass is 1060 g/mol. The van der Waals surface area contributed by atoms with Gasteiger partial charge in [-0.25, -0.2) is 0 Å². The molecule has 2 unspecified atom stereocenters. The molecule has 0 aromatic heterocycles. The first-order valence-corrected chi connectivity index (χ1v) is 30.6. The molecule has 424 valence electrons. The van der Waals surface area contributed by atoms with Crippen molar-refractivity contribution >= 4 is 48.5 Å². The number of hydrogen-bond acceptors (Lipinski definition) is 13. The second kappa shape index (κ2) is 45.3. The highest BCUT2D eigenvalue weighted by Gasteiger charge is 2.31. The van der Waals surface area contributed by atoms with Crippen LogP contribution in [0, 0.1) is 5.92 Å². The molecule has 0 aromatic carbocycles. The molecule has 1 rings (SSSR count). The molecule has 0 aliphatic heterocycles. The molecule has 0 spiro atoms. The van der Waals surface area contributed by atoms with Gasteiger partial charge in [0.25, 0.3) is 0 Å². The van der Waals surface area contributed by atoms with Gasteiger partial charge in [0.05, 0.1) is 25.2 Å². The number of carbonyl (C=O) groups excluding carboxylic acids is 7. The van der Waals surface area contributed by atoms with Gasteiger partial charge in [0.1, 0.15) is 23.1 Å². The van der Waals surface area contributed by atoms with Gasteiger partial charge in [-0.05, 0) is 116 Å². The second-order valence-electron chi connectivity index (χ2n) is 20.1. The fourth-order valence-electron chi connectivity index (χ4n) is 8.91. The average Bonchev–Trinajstić information content (AvgIpc) is 3.35. The number of carbonyl (C=O) groups is 7. The van der Waals surface area contributed by atoms with Gasteiger partial charge in [-0.2, -0.15) is 0 Å². The van der Waals surface area contributed by atoms with Gasteiger partial charge in [0.15, 0.2) is 0 Å². The number of hydrogen-bond donors (Lipinski definition) is 4. The minimum atomic E-state index is -3.60. The number of nitrogens with zero attached hydrogens (tertiary/aromatic N) is 1. The van der Waals surface area contributed by atoms with Crippen molar-refractivity contribution in [3.8, 4) is 0 Å². The molecular formula is C55H101N4O13P. The Bertz CT molecular complexity index is 1500. The SMILES string of the molecule is CCCOCCCC(=O)CCCCCNC(=O)CN(CC(=O)NCCCCCC(=O)CCCOCCC)C(CCCCCC(=O)C1CCC(OP(C)(=O)O)CC1)C(=O)NCCCCCC(=O)CCCOCCC. The van der Waals surface area contributed by atoms with E-state index < -0.39 is 13.6 Å². The molecule has 1 aliphatic carbocycles. The van der Waals surface area contributed by atoms with Crippen LogP contribution in [0.4, 0.5) is 0 Å². The van der Waals surface area contributed by atoms with E-state index >= 15 is 0 Å². The molecule has 0 aromatic rings. The van der Waals surface area contributed by atoms with Crippen molar-refractivity contribution in [3.63, 3.8) is 0 Å². The Balaban J connectivity index is 2.95. The number of unbranched alkanes of at least 4 members (excludes halogenated alkanes) is 8. The van der Waals surface area contributed by atoms with E-state index in [1.165, 1.54) is 6.66 Å². The number of rotatable bonds is 51. The Hall–Kier alpha value is -2.92. The van der Waals surface area contributed by atoms with Gasteiger partial charge in [-0.1, -0.05) is 52.9 Å². The first-order chi connectivity index (χ1) is 35.2. The van der Waals surface area contributed by atoms with Crippen LogP contribution in [-0.4, -0.2) is 142 Å². The van der Waals surface area contributed by atoms with E-state index in [0.29, 0.717) is 188 Å². The van der Waals surface area contributed by atoms with Gasteiger partial charge in [0.2, 0.25) is 17.7 Å². The van der Waals surface area contributed by atoms with Crippen molar-refractivity contribution < 1.29 is 61.8 Å². The van der Waals surface area contributed by atoms with Crippen molar-refractivity contribution in [2.45, 2.75) is 226 Å². The maximum Gasteiger partial charge on any atom is 0.325 e. The first kappa shape index (κ1) is 68.1. The zero-order valence-corrected chi connectivity index (χ0v) is 46.9. The zero-order chi connectivity index (χ0) is 53.8. The summed E-state index contributed by atoms with van der Waals surface area (Å²) < 4.78 is 33.4. The Kier molecular flexibility index (Phi) is 42.2. The molecule has 73 heavy (non-hydrogen) atoms. The lowest BCUT2D eigenvalue weighted by atomic mass is 9.83. The smallest absolute Gasteiger partial charge is 0.325 e. The van der Waals surface area contributed by atoms with E-state index in [1.54, 1.807) is 4.90 Å². The summed E-state index contributed by atoms with van der Waals surface area (Å²) >= 11 is 0. The van der Waals surface area contributed by atoms with E-state index in [1.807, 2.05) is 20.8 Å². The van der Waals surface area contributed by atoms with Crippen LogP contribution in [0.5, 0.6) is 0 Å². The molecule has 2 atom stereocenters. The molecule has 1 fully saturated rings. The van der Waals surface area contributed by atoms with Gasteiger partial charge < -0.3 is 39.6 Å². The van der Waals surface area contributed by atoms with Gasteiger partial charge >= 0.3 is 7.60 Å². The van der Waals surface area contributed by atoms with Gasteiger partial charge in [-0.3, -0.25) is 43.0 Å². The Labute approximate surface area is 440 Å². The van der Waals surface area contributed by atoms with Gasteiger partial charge in [0, 0.05) is 117 Å². The highest BCUT2D eigenvalue weighted by molar-refractivity contribution is 7.51. The van der Waals surface area contributed by atoms with E-state index in [2.05, 4.69) is 16.0 Å². The third-order valence-electron chi connectivity index (χ3n) is 12.9. The van der Waals surface area contributed by atoms with Gasteiger partial charge in [-0.15, -0.1) is 0 Å². The predicted molar refractivity (Wildman–Crippen MR) is 287 cm³/mol. The quantitative estimate of drug-likeness (QED) is 0.0329. The van der Waals surface area contributed by atoms with Crippen LogP contribution in [0.3, 0.4) is 0 Å². The normalized spacial score (nSPS) is 15.9. The third kappa shape index (κ3) is 40.1. The summed E-state index contributed by atoms with van der Waals surface area (Å²) in [5.74, 6) is -0.254. The number of Topliss-reactive ketones (excluding diaryl/α,β-unsaturated/α-hetero) is 4. The van der Waals surface area contributed by atoms with Crippen molar-refractivity contribution in [1.82, 2.24) is 20.9 Å². The molecule has 4 N–H and O–H groups in total. The second-order valence-corrected chi connectivity index (χ2v) is 21.9. The Morgan fingerprint density at radius 2 is 0.890 bits per heavy atom. The Morgan fingerprint density at radius 1 is 0.507 bits per heavy atom. The molecule has 17 nitrogen and oxygen atoms in total. The fraction of sp³-hybridized carbons (Fsp3) is 0.873. The van der Waals surface area contributed by atoms with Crippen molar-refractivity contribution in [1.29, 1.82) is 0 Å². The number of ketones is 4. The summed E-state index contributed by atoms with van der Waals surface area (Å²) in [6.07, 6.45) is 19.0. The van der Waals surface area contributed by atoms with Crippen LogP contribution in [-0.2, 0) is 56.9 Å². The first-order valence-electron chi connectivity index (χ1n) is 28.5. The fourth-order valence-corrected chi connectivity index (χ4v) is 9.67. The van der Waals surface area contributed by atoms with Crippen LogP contribution >= 0.6 is 7.60 Å². The molecule has 0 bridgehead atoms. The molecule has 0 radical (unpaired) electrons. The van der Waals surface area contributed by atoms with Crippen LogP contribution in [0.2, 0.25) is 0 Å². The maximum absolute atomic E-state index is 14.1. The molecule has 1 aliphatic rings. The highest BCUT2D eigenvalue weighted by atomic mass is 31.2. The molecule has 1 saturated carbocycles. The third-order valence-corrected chi connectivity index (χ3v) is 13.6. The van der Waals surface area contributed by atoms with Crippen molar-refractivity contribution in [2.24, 2.45) is 5.92 Å². The summed E-state index contributed by atoms with van der Waals surface area (Å²) in [5.41, 5.74) is 0. The Morgan fingerprint density at radius 3 is 1.30 bits per heavy atom. The number of amides is 3. The van der Waals surface area contributed by atoms with E-state index in [4.69, 9.17) is 18.7 Å². The maximum atomic E-state index is 14.1. The summed E-state index contributed by atoms with van der Waals surface area (Å²) in [5, 5.41) is 8.98. The zero-order valence-electron chi connectivity index (χ0n) is 46.0. The summed E-state index contributed by atoms with van der Waals surface area (Å²) in [7, 11) is -3.60. The molecule has 0 heterocycles. The van der Waals surface area contributed by atoms with E-state index in [9.17, 15) is 43.0 Å². The van der Waals surface area contributed by atoms with Crippen LogP contribution in [0.25, 0.3) is 0 Å². The summed E-state index contributed by atoms with van der Waals surface area (Å²) in [4.78, 5) is 103. The minimum absolute atomic E-state index is 0.115. The number of nitrogens with one attached hydrogen (secondary N) is 3. The number of ether oxygens (including phenoxy) is 3. The lowest BCUT2D eigenvalue weighted by Gasteiger charge is -2.30. The van der Waals surface area contributed by atoms with Crippen LogP contribution in [0.1, 0.15) is 213 Å². The lowest BCUT2D eigenvalue weighted by Crippen LogP contribution is -2.53. The van der Waals surface area contributed by atoms with Crippen molar-refractivity contribution in [3.05, 3.63) is 0 Å². The summed E-state index contributed by atoms with van der Waals surface area (Å²) in [6, 6.07) is -0.809.